The maximum absolute atomic E-state index is 12.0. The molecule has 2 atom stereocenters. The van der Waals surface area contributed by atoms with Crippen LogP contribution in [0, 0.1) is 5.92 Å². The quantitative estimate of drug-likeness (QED) is 0.681. The van der Waals surface area contributed by atoms with Crippen LogP contribution in [0.3, 0.4) is 0 Å². The normalized spacial score (nSPS) is 19.5. The molecule has 1 saturated heterocycles. The van der Waals surface area contributed by atoms with E-state index in [1.54, 1.807) is 6.20 Å². The molecule has 0 bridgehead atoms. The summed E-state index contributed by atoms with van der Waals surface area (Å²) in [5.41, 5.74) is 1.08. The van der Waals surface area contributed by atoms with Gasteiger partial charge in [0.25, 0.3) is 0 Å². The molecule has 1 aliphatic heterocycles. The number of rotatable bonds is 7. The molecular weight excluding hydrogens is 366 g/mol. The monoisotopic (exact) mass is 389 g/mol. The summed E-state index contributed by atoms with van der Waals surface area (Å²) >= 11 is 0. The van der Waals surface area contributed by atoms with E-state index in [2.05, 4.69) is 9.88 Å². The highest BCUT2D eigenvalue weighted by atomic mass is 16.7. The molecule has 2 unspecified atom stereocenters. The van der Waals surface area contributed by atoms with Crippen molar-refractivity contribution in [3.05, 3.63) is 42.2 Å². The molecule has 3 heterocycles. The Balaban J connectivity index is 1.45. The minimum Gasteiger partial charge on any atom is -0.492 e. The zero-order valence-electron chi connectivity index (χ0n) is 15.5. The largest absolute Gasteiger partial charge is 0.492 e. The number of nitrogens with zero attached hydrogens (tertiary/aromatic N) is 3. The molecule has 150 valence electrons. The smallest absolute Gasteiger partial charge is 0.333 e. The summed E-state index contributed by atoms with van der Waals surface area (Å²) in [7, 11) is 2.03. The molecule has 0 spiro atoms. The van der Waals surface area contributed by atoms with Gasteiger partial charge in [0.15, 0.2) is 0 Å². The van der Waals surface area contributed by atoms with Crippen LogP contribution < -0.4 is 4.84 Å². The number of esters is 1. The van der Waals surface area contributed by atoms with Gasteiger partial charge in [0, 0.05) is 36.5 Å². The molecule has 0 aromatic carbocycles. The van der Waals surface area contributed by atoms with Gasteiger partial charge in [0.2, 0.25) is 11.8 Å². The second-order valence-electron chi connectivity index (χ2n) is 6.75. The van der Waals surface area contributed by atoms with Crippen LogP contribution in [0.4, 0.5) is 0 Å². The van der Waals surface area contributed by atoms with Gasteiger partial charge in [-0.05, 0) is 31.6 Å². The highest BCUT2D eigenvalue weighted by Gasteiger charge is 2.34. The fourth-order valence-electron chi connectivity index (χ4n) is 3.40. The van der Waals surface area contributed by atoms with E-state index >= 15 is 0 Å². The van der Waals surface area contributed by atoms with Crippen molar-refractivity contribution in [3.63, 3.8) is 0 Å². The summed E-state index contributed by atoms with van der Waals surface area (Å²) in [6.07, 6.45) is 4.06. The molecule has 9 nitrogen and oxygen atoms in total. The van der Waals surface area contributed by atoms with E-state index in [-0.39, 0.29) is 31.4 Å². The minimum absolute atomic E-state index is 0.131. The summed E-state index contributed by atoms with van der Waals surface area (Å²) in [6, 6.07) is 6.38. The first-order valence-corrected chi connectivity index (χ1v) is 9.02. The van der Waals surface area contributed by atoms with E-state index < -0.39 is 23.7 Å². The van der Waals surface area contributed by atoms with Gasteiger partial charge in [-0.25, -0.2) is 4.79 Å². The average Bonchev–Trinajstić information content (AvgIpc) is 3.22. The number of ether oxygens (including phenoxy) is 1. The van der Waals surface area contributed by atoms with Crippen molar-refractivity contribution in [2.24, 2.45) is 5.92 Å². The molecular formula is C19H23N3O6. The lowest BCUT2D eigenvalue weighted by molar-refractivity contribution is -0.152. The SMILES string of the molecule is CN1CCC(COC(=O)CCC(=O)On2c(O)ccc2O)C1c1cccnc1. The number of likely N-dealkylation sites (tertiary alicyclic amines) is 1. The average molecular weight is 389 g/mol. The van der Waals surface area contributed by atoms with Gasteiger partial charge in [-0.1, -0.05) is 6.07 Å². The van der Waals surface area contributed by atoms with Crippen LogP contribution in [0.1, 0.15) is 30.9 Å². The number of hydrogen-bond acceptors (Lipinski definition) is 8. The predicted octanol–water partition coefficient (Wildman–Crippen LogP) is 1.27. The maximum Gasteiger partial charge on any atom is 0.333 e. The highest BCUT2D eigenvalue weighted by molar-refractivity contribution is 5.77. The first-order chi connectivity index (χ1) is 13.5. The molecule has 1 aliphatic rings. The highest BCUT2D eigenvalue weighted by Crippen LogP contribution is 2.35. The van der Waals surface area contributed by atoms with Gasteiger partial charge in [0.05, 0.1) is 19.4 Å². The molecule has 3 rings (SSSR count). The van der Waals surface area contributed by atoms with Gasteiger partial charge >= 0.3 is 11.9 Å². The van der Waals surface area contributed by atoms with Crippen molar-refractivity contribution in [2.45, 2.75) is 25.3 Å². The molecule has 0 aliphatic carbocycles. The summed E-state index contributed by atoms with van der Waals surface area (Å²) in [5.74, 6) is -1.95. The number of carbonyl (C=O) groups excluding carboxylic acids is 2. The number of hydrogen-bond donors (Lipinski definition) is 2. The van der Waals surface area contributed by atoms with Gasteiger partial charge < -0.3 is 19.8 Å². The standard InChI is InChI=1S/C19H23N3O6/c1-21-10-8-14(19(21)13-3-2-9-20-11-13)12-27-17(25)6-7-18(26)28-22-15(23)4-5-16(22)24/h2-5,9,11,14,19,23-24H,6-8,10,12H2,1H3. The number of carbonyl (C=O) groups is 2. The van der Waals surface area contributed by atoms with Gasteiger partial charge in [0.1, 0.15) is 0 Å². The van der Waals surface area contributed by atoms with Gasteiger partial charge in [-0.15, -0.1) is 4.73 Å². The zero-order chi connectivity index (χ0) is 20.1. The van der Waals surface area contributed by atoms with E-state index in [0.717, 1.165) is 18.5 Å². The molecule has 2 aromatic heterocycles. The topological polar surface area (TPSA) is 114 Å². The van der Waals surface area contributed by atoms with Crippen LogP contribution in [0.15, 0.2) is 36.7 Å². The van der Waals surface area contributed by atoms with Crippen LogP contribution in [-0.2, 0) is 14.3 Å². The Hall–Kier alpha value is -3.07. The Morgan fingerprint density at radius 2 is 1.89 bits per heavy atom. The lowest BCUT2D eigenvalue weighted by atomic mass is 9.96. The van der Waals surface area contributed by atoms with E-state index in [9.17, 15) is 19.8 Å². The third-order valence-electron chi connectivity index (χ3n) is 4.78. The number of aromatic nitrogens is 2. The van der Waals surface area contributed by atoms with Crippen molar-refractivity contribution in [1.29, 1.82) is 0 Å². The summed E-state index contributed by atoms with van der Waals surface area (Å²) in [5, 5.41) is 18.9. The Morgan fingerprint density at radius 3 is 2.57 bits per heavy atom. The van der Waals surface area contributed by atoms with Gasteiger partial charge in [-0.2, -0.15) is 0 Å². The second kappa shape index (κ2) is 8.75. The first kappa shape index (κ1) is 19.7. The van der Waals surface area contributed by atoms with Crippen molar-refractivity contribution < 1.29 is 29.4 Å². The third-order valence-corrected chi connectivity index (χ3v) is 4.78. The fraction of sp³-hybridized carbons (Fsp3) is 0.421. The van der Waals surface area contributed by atoms with E-state index in [4.69, 9.17) is 9.57 Å². The van der Waals surface area contributed by atoms with E-state index in [1.807, 2.05) is 25.4 Å². The minimum atomic E-state index is -0.771. The van der Waals surface area contributed by atoms with Crippen LogP contribution in [0.2, 0.25) is 0 Å². The Labute approximate surface area is 162 Å². The molecule has 2 N–H and O–H groups in total. The summed E-state index contributed by atoms with van der Waals surface area (Å²) in [4.78, 5) is 34.9. The maximum atomic E-state index is 12.0. The molecule has 9 heteroatoms. The Morgan fingerprint density at radius 1 is 1.18 bits per heavy atom. The van der Waals surface area contributed by atoms with Crippen molar-refractivity contribution in [3.8, 4) is 11.8 Å². The molecule has 2 aromatic rings. The first-order valence-electron chi connectivity index (χ1n) is 9.02. The number of pyridine rings is 1. The molecule has 0 amide bonds. The fourth-order valence-corrected chi connectivity index (χ4v) is 3.40. The molecule has 0 radical (unpaired) electrons. The molecule has 1 fully saturated rings. The van der Waals surface area contributed by atoms with Crippen LogP contribution in [0.5, 0.6) is 11.8 Å². The van der Waals surface area contributed by atoms with Crippen LogP contribution in [0.25, 0.3) is 0 Å². The third kappa shape index (κ3) is 4.61. The molecule has 28 heavy (non-hydrogen) atoms. The van der Waals surface area contributed by atoms with Crippen molar-refractivity contribution in [1.82, 2.24) is 14.6 Å². The van der Waals surface area contributed by atoms with Crippen LogP contribution in [-0.4, -0.2) is 57.0 Å². The predicted molar refractivity (Wildman–Crippen MR) is 97.3 cm³/mol. The number of aromatic hydroxyl groups is 2. The van der Waals surface area contributed by atoms with E-state index in [1.165, 1.54) is 12.1 Å². The van der Waals surface area contributed by atoms with Crippen molar-refractivity contribution in [2.75, 3.05) is 20.2 Å². The van der Waals surface area contributed by atoms with E-state index in [0.29, 0.717) is 4.73 Å². The van der Waals surface area contributed by atoms with Crippen molar-refractivity contribution >= 4 is 11.9 Å². The van der Waals surface area contributed by atoms with Gasteiger partial charge in [-0.3, -0.25) is 14.7 Å². The summed E-state index contributed by atoms with van der Waals surface area (Å²) < 4.78 is 5.94. The zero-order valence-corrected chi connectivity index (χ0v) is 15.5. The Kier molecular flexibility index (Phi) is 6.15. The lowest BCUT2D eigenvalue weighted by Crippen LogP contribution is -2.25. The van der Waals surface area contributed by atoms with Crippen LogP contribution >= 0.6 is 0 Å². The second-order valence-corrected chi connectivity index (χ2v) is 6.75. The summed E-state index contributed by atoms with van der Waals surface area (Å²) in [6.45, 7) is 1.16. The Bertz CT molecular complexity index is 803. The lowest BCUT2D eigenvalue weighted by Gasteiger charge is -2.25. The molecule has 0 saturated carbocycles.